The van der Waals surface area contributed by atoms with Gasteiger partial charge in [-0.3, -0.25) is 4.79 Å². The van der Waals surface area contributed by atoms with Crippen LogP contribution in [0, 0.1) is 0 Å². The summed E-state index contributed by atoms with van der Waals surface area (Å²) in [6, 6.07) is 14.3. The third-order valence-corrected chi connectivity index (χ3v) is 5.90. The fraction of sp³-hybridized carbons (Fsp3) is 0.350. The van der Waals surface area contributed by atoms with Gasteiger partial charge in [0.05, 0.1) is 11.5 Å². The smallest absolute Gasteiger partial charge is 0.231 e. The van der Waals surface area contributed by atoms with E-state index in [4.69, 9.17) is 5.73 Å². The Bertz CT molecular complexity index is 787. The highest BCUT2D eigenvalue weighted by molar-refractivity contribution is 9.10. The molecule has 1 amide bonds. The zero-order chi connectivity index (χ0) is 16.7. The Morgan fingerprint density at radius 3 is 2.56 bits per heavy atom. The number of hydrogen-bond acceptors (Lipinski definition) is 2. The van der Waals surface area contributed by atoms with Gasteiger partial charge in [-0.2, -0.15) is 0 Å². The van der Waals surface area contributed by atoms with Gasteiger partial charge in [-0.05, 0) is 73.1 Å². The lowest BCUT2D eigenvalue weighted by atomic mass is 9.86. The van der Waals surface area contributed by atoms with Gasteiger partial charge in [-0.25, -0.2) is 0 Å². The minimum Gasteiger partial charge on any atom is -0.399 e. The summed E-state index contributed by atoms with van der Waals surface area (Å²) in [6.07, 6.45) is 5.00. The highest BCUT2D eigenvalue weighted by atomic mass is 79.9. The first-order valence-corrected chi connectivity index (χ1v) is 9.33. The van der Waals surface area contributed by atoms with E-state index in [-0.39, 0.29) is 29.8 Å². The van der Waals surface area contributed by atoms with Crippen LogP contribution in [0.1, 0.15) is 48.4 Å². The maximum atomic E-state index is 13.0. The number of nitrogen functional groups attached to an aromatic ring is 1. The molecule has 0 radical (unpaired) electrons. The highest BCUT2D eigenvalue weighted by Crippen LogP contribution is 2.49. The predicted octanol–water partition coefficient (Wildman–Crippen LogP) is 4.68. The molecule has 0 aromatic heterocycles. The molecule has 2 aromatic carbocycles. The van der Waals surface area contributed by atoms with Gasteiger partial charge in [0.25, 0.3) is 0 Å². The SMILES string of the molecule is Cl.Nc1ccc2c(c1)CCCC2NC(=O)C1(c2ccc(Br)cc2)CC1. The summed E-state index contributed by atoms with van der Waals surface area (Å²) in [4.78, 5) is 13.0. The molecule has 0 bridgehead atoms. The minimum absolute atomic E-state index is 0. The van der Waals surface area contributed by atoms with Crippen LogP contribution in [0.5, 0.6) is 0 Å². The van der Waals surface area contributed by atoms with Crippen LogP contribution < -0.4 is 11.1 Å². The van der Waals surface area contributed by atoms with Crippen molar-refractivity contribution in [2.75, 3.05) is 5.73 Å². The molecule has 25 heavy (non-hydrogen) atoms. The van der Waals surface area contributed by atoms with E-state index in [9.17, 15) is 4.79 Å². The number of nitrogens with two attached hydrogens (primary N) is 1. The zero-order valence-corrected chi connectivity index (χ0v) is 16.3. The lowest BCUT2D eigenvalue weighted by Crippen LogP contribution is -2.38. The van der Waals surface area contributed by atoms with Crippen molar-refractivity contribution >= 4 is 39.9 Å². The van der Waals surface area contributed by atoms with Crippen molar-refractivity contribution in [3.63, 3.8) is 0 Å². The average molecular weight is 422 g/mol. The summed E-state index contributed by atoms with van der Waals surface area (Å²) in [6.45, 7) is 0. The number of hydrogen-bond donors (Lipinski definition) is 2. The van der Waals surface area contributed by atoms with Crippen LogP contribution in [0.15, 0.2) is 46.9 Å². The van der Waals surface area contributed by atoms with Crippen molar-refractivity contribution in [2.24, 2.45) is 0 Å². The van der Waals surface area contributed by atoms with Crippen molar-refractivity contribution in [2.45, 2.75) is 43.6 Å². The van der Waals surface area contributed by atoms with Crippen molar-refractivity contribution in [3.8, 4) is 0 Å². The molecule has 1 fully saturated rings. The standard InChI is InChI=1S/C20H21BrN2O.ClH/c21-15-6-4-14(5-7-15)20(10-11-20)19(24)23-18-3-1-2-13-12-16(22)8-9-17(13)18;/h4-9,12,18H,1-3,10-11,22H2,(H,23,24);1H. The Morgan fingerprint density at radius 1 is 1.16 bits per heavy atom. The molecule has 3 nitrogen and oxygen atoms in total. The third-order valence-electron chi connectivity index (χ3n) is 5.37. The van der Waals surface area contributed by atoms with Gasteiger partial charge in [0.1, 0.15) is 0 Å². The summed E-state index contributed by atoms with van der Waals surface area (Å²) in [5.74, 6) is 0.166. The van der Waals surface area contributed by atoms with Gasteiger partial charge in [-0.15, -0.1) is 12.4 Å². The number of fused-ring (bicyclic) bond motifs is 1. The van der Waals surface area contributed by atoms with Gasteiger partial charge >= 0.3 is 0 Å². The Morgan fingerprint density at radius 2 is 1.88 bits per heavy atom. The summed E-state index contributed by atoms with van der Waals surface area (Å²) in [7, 11) is 0. The van der Waals surface area contributed by atoms with Gasteiger partial charge in [-0.1, -0.05) is 34.1 Å². The summed E-state index contributed by atoms with van der Waals surface area (Å²) in [5, 5.41) is 3.32. The molecule has 5 heteroatoms. The quantitative estimate of drug-likeness (QED) is 0.707. The molecule has 4 rings (SSSR count). The Kier molecular flexibility index (Phi) is 5.12. The Balaban J connectivity index is 0.00000182. The molecule has 0 spiro atoms. The predicted molar refractivity (Wildman–Crippen MR) is 107 cm³/mol. The van der Waals surface area contributed by atoms with Crippen LogP contribution in [0.2, 0.25) is 0 Å². The van der Waals surface area contributed by atoms with Crippen molar-refractivity contribution in [3.05, 3.63) is 63.6 Å². The van der Waals surface area contributed by atoms with Crippen molar-refractivity contribution in [1.82, 2.24) is 5.32 Å². The van der Waals surface area contributed by atoms with E-state index < -0.39 is 0 Å². The van der Waals surface area contributed by atoms with Crippen LogP contribution >= 0.6 is 28.3 Å². The van der Waals surface area contributed by atoms with Crippen LogP contribution in [0.25, 0.3) is 0 Å². The molecule has 2 aliphatic rings. The topological polar surface area (TPSA) is 55.1 Å². The van der Waals surface area contributed by atoms with Gasteiger partial charge < -0.3 is 11.1 Å². The lowest BCUT2D eigenvalue weighted by molar-refractivity contribution is -0.124. The van der Waals surface area contributed by atoms with Crippen molar-refractivity contribution < 1.29 is 4.79 Å². The van der Waals surface area contributed by atoms with Crippen LogP contribution in [-0.4, -0.2) is 5.91 Å². The number of nitrogens with one attached hydrogen (secondary N) is 1. The second-order valence-corrected chi connectivity index (χ2v) is 7.88. The number of anilines is 1. The Labute approximate surface area is 162 Å². The molecule has 1 saturated carbocycles. The highest BCUT2D eigenvalue weighted by Gasteiger charge is 2.51. The van der Waals surface area contributed by atoms with E-state index in [0.717, 1.165) is 47.8 Å². The van der Waals surface area contributed by atoms with Gasteiger partial charge in [0.15, 0.2) is 0 Å². The van der Waals surface area contributed by atoms with E-state index in [1.807, 2.05) is 18.2 Å². The molecule has 0 saturated heterocycles. The number of carbonyl (C=O) groups is 1. The molecule has 3 N–H and O–H groups in total. The second kappa shape index (κ2) is 7.00. The Hall–Kier alpha value is -1.52. The average Bonchev–Trinajstić information content (AvgIpc) is 3.37. The summed E-state index contributed by atoms with van der Waals surface area (Å²) >= 11 is 3.46. The maximum absolute atomic E-state index is 13.0. The first-order valence-electron chi connectivity index (χ1n) is 8.54. The molecular weight excluding hydrogens is 400 g/mol. The van der Waals surface area contributed by atoms with E-state index in [1.54, 1.807) is 0 Å². The first kappa shape index (κ1) is 18.3. The molecule has 132 valence electrons. The zero-order valence-electron chi connectivity index (χ0n) is 13.9. The molecule has 0 heterocycles. The van der Waals surface area contributed by atoms with Gasteiger partial charge in [0, 0.05) is 10.2 Å². The van der Waals surface area contributed by atoms with E-state index in [0.29, 0.717) is 0 Å². The number of benzene rings is 2. The monoisotopic (exact) mass is 420 g/mol. The number of aryl methyl sites for hydroxylation is 1. The third kappa shape index (κ3) is 3.42. The maximum Gasteiger partial charge on any atom is 0.231 e. The normalized spacial score (nSPS) is 20.1. The fourth-order valence-electron chi connectivity index (χ4n) is 3.82. The van der Waals surface area contributed by atoms with E-state index >= 15 is 0 Å². The van der Waals surface area contributed by atoms with Crippen LogP contribution in [0.4, 0.5) is 5.69 Å². The minimum atomic E-state index is -0.327. The molecule has 1 unspecified atom stereocenters. The van der Waals surface area contributed by atoms with Crippen molar-refractivity contribution in [1.29, 1.82) is 0 Å². The second-order valence-electron chi connectivity index (χ2n) is 6.97. The molecular formula is C20H22BrClN2O. The molecule has 1 atom stereocenters. The lowest BCUT2D eigenvalue weighted by Gasteiger charge is -2.28. The summed E-state index contributed by atoms with van der Waals surface area (Å²) in [5.41, 5.74) is 10.0. The van der Waals surface area contributed by atoms with E-state index in [1.165, 1.54) is 11.1 Å². The first-order chi connectivity index (χ1) is 11.6. The molecule has 2 aromatic rings. The number of halogens is 2. The largest absolute Gasteiger partial charge is 0.399 e. The number of carbonyl (C=O) groups excluding carboxylic acids is 1. The molecule has 2 aliphatic carbocycles. The van der Waals surface area contributed by atoms with Crippen LogP contribution in [-0.2, 0) is 16.6 Å². The molecule has 0 aliphatic heterocycles. The fourth-order valence-corrected chi connectivity index (χ4v) is 4.09. The summed E-state index contributed by atoms with van der Waals surface area (Å²) < 4.78 is 1.04. The number of rotatable bonds is 3. The number of amides is 1. The van der Waals surface area contributed by atoms with Gasteiger partial charge in [0.2, 0.25) is 5.91 Å². The van der Waals surface area contributed by atoms with Crippen LogP contribution in [0.3, 0.4) is 0 Å². The van der Waals surface area contributed by atoms with E-state index in [2.05, 4.69) is 45.5 Å².